The van der Waals surface area contributed by atoms with Gasteiger partial charge in [-0.15, -0.1) is 0 Å². The second kappa shape index (κ2) is 5.40. The Bertz CT molecular complexity index is 567. The highest BCUT2D eigenvalue weighted by molar-refractivity contribution is 5.20. The topological polar surface area (TPSA) is 47.1 Å². The van der Waals surface area contributed by atoms with Crippen molar-refractivity contribution in [1.29, 1.82) is 0 Å². The van der Waals surface area contributed by atoms with Gasteiger partial charge in [-0.2, -0.15) is 5.10 Å². The van der Waals surface area contributed by atoms with E-state index in [0.29, 0.717) is 6.04 Å². The van der Waals surface area contributed by atoms with Gasteiger partial charge in [0.05, 0.1) is 18.4 Å². The molecule has 1 fully saturated rings. The molecule has 0 radical (unpaired) electrons. The summed E-state index contributed by atoms with van der Waals surface area (Å²) in [6.07, 6.45) is 6.54. The maximum absolute atomic E-state index is 5.27. The van der Waals surface area contributed by atoms with E-state index < -0.39 is 0 Å². The Morgan fingerprint density at radius 2 is 2.20 bits per heavy atom. The van der Waals surface area contributed by atoms with E-state index in [-0.39, 0.29) is 0 Å². The zero-order chi connectivity index (χ0) is 14.1. The zero-order valence-electron chi connectivity index (χ0n) is 12.5. The summed E-state index contributed by atoms with van der Waals surface area (Å²) in [5.41, 5.74) is 3.48. The molecule has 0 aromatic carbocycles. The van der Waals surface area contributed by atoms with E-state index in [4.69, 9.17) is 4.52 Å². The van der Waals surface area contributed by atoms with Gasteiger partial charge in [-0.05, 0) is 45.7 Å². The molecule has 0 bridgehead atoms. The van der Waals surface area contributed by atoms with E-state index in [0.717, 1.165) is 31.1 Å². The summed E-state index contributed by atoms with van der Waals surface area (Å²) in [4.78, 5) is 2.53. The molecule has 2 aromatic heterocycles. The minimum Gasteiger partial charge on any atom is -0.361 e. The SMILES string of the molecule is Cc1cnn(C[C@H]2CCCN2Cc2c(C)noc2C)c1. The van der Waals surface area contributed by atoms with E-state index in [2.05, 4.69) is 33.0 Å². The summed E-state index contributed by atoms with van der Waals surface area (Å²) in [5, 5.41) is 8.46. The molecule has 0 saturated carbocycles. The summed E-state index contributed by atoms with van der Waals surface area (Å²) in [7, 11) is 0. The largest absolute Gasteiger partial charge is 0.361 e. The predicted octanol–water partition coefficient (Wildman–Crippen LogP) is 2.46. The minimum absolute atomic E-state index is 0.558. The van der Waals surface area contributed by atoms with Crippen LogP contribution in [-0.4, -0.2) is 32.4 Å². The summed E-state index contributed by atoms with van der Waals surface area (Å²) in [6.45, 7) is 9.16. The first-order valence-electron chi connectivity index (χ1n) is 7.28. The van der Waals surface area contributed by atoms with Crippen LogP contribution in [0.5, 0.6) is 0 Å². The van der Waals surface area contributed by atoms with E-state index >= 15 is 0 Å². The van der Waals surface area contributed by atoms with E-state index in [9.17, 15) is 0 Å². The number of hydrogen-bond donors (Lipinski definition) is 0. The maximum Gasteiger partial charge on any atom is 0.138 e. The van der Waals surface area contributed by atoms with Crippen molar-refractivity contribution in [2.24, 2.45) is 0 Å². The highest BCUT2D eigenvalue weighted by Crippen LogP contribution is 2.24. The van der Waals surface area contributed by atoms with Gasteiger partial charge in [0.1, 0.15) is 5.76 Å². The highest BCUT2D eigenvalue weighted by atomic mass is 16.5. The van der Waals surface area contributed by atoms with Gasteiger partial charge in [-0.1, -0.05) is 5.16 Å². The van der Waals surface area contributed by atoms with Gasteiger partial charge in [-0.25, -0.2) is 0 Å². The first-order chi connectivity index (χ1) is 9.63. The number of nitrogens with zero attached hydrogens (tertiary/aromatic N) is 4. The maximum atomic E-state index is 5.27. The molecule has 3 heterocycles. The smallest absolute Gasteiger partial charge is 0.138 e. The predicted molar refractivity (Wildman–Crippen MR) is 76.4 cm³/mol. The van der Waals surface area contributed by atoms with Crippen molar-refractivity contribution in [2.45, 2.75) is 52.7 Å². The minimum atomic E-state index is 0.558. The number of hydrogen-bond acceptors (Lipinski definition) is 4. The lowest BCUT2D eigenvalue weighted by Crippen LogP contribution is -2.33. The lowest BCUT2D eigenvalue weighted by atomic mass is 10.1. The van der Waals surface area contributed by atoms with Gasteiger partial charge in [0, 0.05) is 24.3 Å². The molecule has 1 aliphatic rings. The quantitative estimate of drug-likeness (QED) is 0.859. The fourth-order valence-electron chi connectivity index (χ4n) is 3.02. The zero-order valence-corrected chi connectivity index (χ0v) is 12.5. The first kappa shape index (κ1) is 13.4. The summed E-state index contributed by atoms with van der Waals surface area (Å²) >= 11 is 0. The molecule has 3 rings (SSSR count). The standard InChI is InChI=1S/C15H22N4O/c1-11-7-16-19(8-11)9-14-5-4-6-18(14)10-15-12(2)17-20-13(15)3/h7-8,14H,4-6,9-10H2,1-3H3/t14-/m1/s1. The van der Waals surface area contributed by atoms with E-state index in [1.165, 1.54) is 24.0 Å². The molecule has 5 nitrogen and oxygen atoms in total. The number of rotatable bonds is 4. The average molecular weight is 274 g/mol. The number of aryl methyl sites for hydroxylation is 3. The van der Waals surface area contributed by atoms with E-state index in [1.807, 2.05) is 20.0 Å². The van der Waals surface area contributed by atoms with Crippen molar-refractivity contribution in [1.82, 2.24) is 19.8 Å². The monoisotopic (exact) mass is 274 g/mol. The summed E-state index contributed by atoms with van der Waals surface area (Å²) in [5.74, 6) is 0.947. The normalized spacial score (nSPS) is 19.9. The molecule has 2 aromatic rings. The molecule has 0 spiro atoms. The Kier molecular flexibility index (Phi) is 3.61. The third-order valence-electron chi connectivity index (χ3n) is 4.20. The highest BCUT2D eigenvalue weighted by Gasteiger charge is 2.26. The van der Waals surface area contributed by atoms with Crippen LogP contribution in [-0.2, 0) is 13.1 Å². The summed E-state index contributed by atoms with van der Waals surface area (Å²) in [6, 6.07) is 0.558. The van der Waals surface area contributed by atoms with Crippen LogP contribution in [0.25, 0.3) is 0 Å². The molecule has 0 unspecified atom stereocenters. The van der Waals surface area contributed by atoms with Gasteiger partial charge < -0.3 is 4.52 Å². The molecular weight excluding hydrogens is 252 g/mol. The third-order valence-corrected chi connectivity index (χ3v) is 4.20. The lowest BCUT2D eigenvalue weighted by molar-refractivity contribution is 0.217. The van der Waals surface area contributed by atoms with Crippen LogP contribution < -0.4 is 0 Å². The van der Waals surface area contributed by atoms with Crippen molar-refractivity contribution in [3.05, 3.63) is 35.0 Å². The van der Waals surface area contributed by atoms with Crippen LogP contribution in [0, 0.1) is 20.8 Å². The fraction of sp³-hybridized carbons (Fsp3) is 0.600. The molecule has 0 amide bonds. The van der Waals surface area contributed by atoms with Gasteiger partial charge in [0.2, 0.25) is 0 Å². The Hall–Kier alpha value is -1.62. The molecular formula is C15H22N4O. The van der Waals surface area contributed by atoms with Crippen LogP contribution in [0.15, 0.2) is 16.9 Å². The second-order valence-electron chi connectivity index (χ2n) is 5.81. The molecule has 0 N–H and O–H groups in total. The molecule has 1 atom stereocenters. The number of aromatic nitrogens is 3. The Labute approximate surface area is 119 Å². The van der Waals surface area contributed by atoms with Crippen LogP contribution in [0.1, 0.15) is 35.4 Å². The van der Waals surface area contributed by atoms with Crippen molar-refractivity contribution in [2.75, 3.05) is 6.54 Å². The molecule has 108 valence electrons. The van der Waals surface area contributed by atoms with Gasteiger partial charge >= 0.3 is 0 Å². The summed E-state index contributed by atoms with van der Waals surface area (Å²) < 4.78 is 7.33. The second-order valence-corrected chi connectivity index (χ2v) is 5.81. The van der Waals surface area contributed by atoms with Gasteiger partial charge in [-0.3, -0.25) is 9.58 Å². The fourth-order valence-corrected chi connectivity index (χ4v) is 3.02. The Balaban J connectivity index is 1.69. The molecule has 5 heteroatoms. The molecule has 20 heavy (non-hydrogen) atoms. The first-order valence-corrected chi connectivity index (χ1v) is 7.28. The van der Waals surface area contributed by atoms with E-state index in [1.54, 1.807) is 0 Å². The van der Waals surface area contributed by atoms with Crippen LogP contribution in [0.2, 0.25) is 0 Å². The average Bonchev–Trinajstić information content (AvgIpc) is 3.09. The van der Waals surface area contributed by atoms with Crippen molar-refractivity contribution >= 4 is 0 Å². The molecule has 1 saturated heterocycles. The molecule has 0 aliphatic carbocycles. The van der Waals surface area contributed by atoms with Gasteiger partial charge in [0.15, 0.2) is 0 Å². The van der Waals surface area contributed by atoms with Crippen molar-refractivity contribution in [3.8, 4) is 0 Å². The Morgan fingerprint density at radius 1 is 1.35 bits per heavy atom. The van der Waals surface area contributed by atoms with Crippen molar-refractivity contribution < 1.29 is 4.52 Å². The Morgan fingerprint density at radius 3 is 2.85 bits per heavy atom. The third kappa shape index (κ3) is 2.63. The molecule has 1 aliphatic heterocycles. The number of likely N-dealkylation sites (tertiary alicyclic amines) is 1. The van der Waals surface area contributed by atoms with Crippen molar-refractivity contribution in [3.63, 3.8) is 0 Å². The van der Waals surface area contributed by atoms with Crippen LogP contribution in [0.3, 0.4) is 0 Å². The van der Waals surface area contributed by atoms with Crippen LogP contribution in [0.4, 0.5) is 0 Å². The van der Waals surface area contributed by atoms with Crippen LogP contribution >= 0.6 is 0 Å². The lowest BCUT2D eigenvalue weighted by Gasteiger charge is -2.24. The van der Waals surface area contributed by atoms with Gasteiger partial charge in [0.25, 0.3) is 0 Å².